The smallest absolute Gasteiger partial charge is 0.276 e. The highest BCUT2D eigenvalue weighted by atomic mass is 16.6. The van der Waals surface area contributed by atoms with Crippen LogP contribution < -0.4 is 0 Å². The Morgan fingerprint density at radius 2 is 1.74 bits per heavy atom. The molecule has 0 saturated heterocycles. The van der Waals surface area contributed by atoms with Crippen LogP contribution in [0.25, 0.3) is 6.08 Å². The minimum absolute atomic E-state index is 0.00870. The number of allylic oxidation sites excluding steroid dienone is 1. The molecule has 2 aromatic carbocycles. The Balaban J connectivity index is 2.09. The van der Waals surface area contributed by atoms with Crippen LogP contribution >= 0.6 is 0 Å². The molecule has 0 unspecified atom stereocenters. The Morgan fingerprint density at radius 1 is 1.04 bits per heavy atom. The van der Waals surface area contributed by atoms with E-state index in [4.69, 9.17) is 0 Å². The van der Waals surface area contributed by atoms with Crippen molar-refractivity contribution in [3.8, 4) is 0 Å². The zero-order valence-electron chi connectivity index (χ0n) is 13.1. The largest absolute Gasteiger partial charge is 0.289 e. The van der Waals surface area contributed by atoms with Gasteiger partial charge in [0.25, 0.3) is 5.69 Å². The molecule has 0 fully saturated rings. The molecule has 1 aliphatic rings. The number of carbonyl (C=O) groups excluding carboxylic acids is 1. The van der Waals surface area contributed by atoms with Crippen LogP contribution in [0.15, 0.2) is 42.0 Å². The fourth-order valence-corrected chi connectivity index (χ4v) is 3.14. The lowest BCUT2D eigenvalue weighted by Gasteiger charge is -2.21. The summed E-state index contributed by atoms with van der Waals surface area (Å²) in [6.45, 7) is 3.95. The molecular weight excluding hydrogens is 290 g/mol. The number of carbonyl (C=O) groups is 1. The summed E-state index contributed by atoms with van der Waals surface area (Å²) in [5.41, 5.74) is 5.11. The third-order valence-corrected chi connectivity index (χ3v) is 4.38. The Hall–Kier alpha value is -2.75. The molecule has 4 heteroatoms. The van der Waals surface area contributed by atoms with Crippen LogP contribution in [-0.2, 0) is 6.42 Å². The molecule has 0 aromatic heterocycles. The third kappa shape index (κ3) is 2.68. The molecule has 116 valence electrons. The molecule has 0 amide bonds. The van der Waals surface area contributed by atoms with Crippen molar-refractivity contribution in [2.24, 2.45) is 0 Å². The fraction of sp³-hybridized carbons (Fsp3) is 0.211. The van der Waals surface area contributed by atoms with E-state index in [9.17, 15) is 14.9 Å². The lowest BCUT2D eigenvalue weighted by atomic mass is 9.81. The van der Waals surface area contributed by atoms with Gasteiger partial charge in [-0.3, -0.25) is 14.9 Å². The summed E-state index contributed by atoms with van der Waals surface area (Å²) in [5, 5.41) is 11.1. The first-order valence-electron chi connectivity index (χ1n) is 7.57. The van der Waals surface area contributed by atoms with E-state index < -0.39 is 4.92 Å². The quantitative estimate of drug-likeness (QED) is 0.468. The molecule has 0 saturated carbocycles. The number of hydrogen-bond donors (Lipinski definition) is 0. The summed E-state index contributed by atoms with van der Waals surface area (Å²) in [7, 11) is 0. The highest BCUT2D eigenvalue weighted by Crippen LogP contribution is 2.32. The van der Waals surface area contributed by atoms with E-state index in [2.05, 4.69) is 0 Å². The zero-order valence-corrected chi connectivity index (χ0v) is 13.1. The molecule has 0 spiro atoms. The Labute approximate surface area is 134 Å². The molecule has 0 N–H and O–H groups in total. The number of hydrogen-bond acceptors (Lipinski definition) is 3. The topological polar surface area (TPSA) is 60.2 Å². The highest BCUT2D eigenvalue weighted by molar-refractivity contribution is 6.14. The number of ketones is 1. The first-order chi connectivity index (χ1) is 11.0. The second-order valence-electron chi connectivity index (χ2n) is 5.87. The van der Waals surface area contributed by atoms with E-state index in [1.54, 1.807) is 24.3 Å². The molecular formula is C19H17NO3. The Kier molecular flexibility index (Phi) is 3.82. The van der Waals surface area contributed by atoms with Gasteiger partial charge in [-0.05, 0) is 55.5 Å². The van der Waals surface area contributed by atoms with Crippen molar-refractivity contribution < 1.29 is 9.72 Å². The van der Waals surface area contributed by atoms with Crippen LogP contribution in [-0.4, -0.2) is 10.7 Å². The van der Waals surface area contributed by atoms with Gasteiger partial charge in [-0.25, -0.2) is 0 Å². The third-order valence-electron chi connectivity index (χ3n) is 4.38. The van der Waals surface area contributed by atoms with Crippen LogP contribution in [0.1, 0.15) is 39.0 Å². The molecule has 4 nitrogen and oxygen atoms in total. The predicted octanol–water partition coefficient (Wildman–Crippen LogP) is 4.42. The number of nitro benzene ring substituents is 1. The van der Waals surface area contributed by atoms with Gasteiger partial charge in [0.1, 0.15) is 0 Å². The van der Waals surface area contributed by atoms with E-state index in [1.165, 1.54) is 6.07 Å². The minimum atomic E-state index is -0.414. The van der Waals surface area contributed by atoms with Crippen LogP contribution in [0.5, 0.6) is 0 Å². The van der Waals surface area contributed by atoms with E-state index in [0.29, 0.717) is 17.6 Å². The van der Waals surface area contributed by atoms with Gasteiger partial charge in [-0.1, -0.05) is 24.3 Å². The lowest BCUT2D eigenvalue weighted by molar-refractivity contribution is -0.385. The van der Waals surface area contributed by atoms with E-state index in [0.717, 1.165) is 28.7 Å². The molecule has 2 aromatic rings. The molecule has 1 aliphatic carbocycles. The molecule has 0 atom stereocenters. The highest BCUT2D eigenvalue weighted by Gasteiger charge is 2.25. The number of Topliss-reactive ketones (excluding diaryl/α,β-unsaturated/α-hetero) is 1. The maximum Gasteiger partial charge on any atom is 0.276 e. The Bertz CT molecular complexity index is 850. The molecule has 23 heavy (non-hydrogen) atoms. The number of benzene rings is 2. The average molecular weight is 307 g/mol. The monoisotopic (exact) mass is 307 g/mol. The molecule has 0 bridgehead atoms. The van der Waals surface area contributed by atoms with Crippen molar-refractivity contribution in [1.82, 2.24) is 0 Å². The summed E-state index contributed by atoms with van der Waals surface area (Å²) in [5.74, 6) is -0.00870. The van der Waals surface area contributed by atoms with E-state index >= 15 is 0 Å². The maximum absolute atomic E-state index is 12.8. The standard InChI is InChI=1S/C19H17NO3/c1-12-7-8-13(2)18-16(12)10-9-15(19(18)21)11-14-5-3-4-6-17(14)20(22)23/h3-8,11H,9-10H2,1-2H3/b15-11+. The van der Waals surface area contributed by atoms with Crippen LogP contribution in [0.4, 0.5) is 5.69 Å². The SMILES string of the molecule is Cc1ccc(C)c2c1CC/C(=C\c1ccccc1[N+](=O)[O-])C2=O. The van der Waals surface area contributed by atoms with Gasteiger partial charge in [0.2, 0.25) is 0 Å². The summed E-state index contributed by atoms with van der Waals surface area (Å²) in [4.78, 5) is 23.6. The minimum Gasteiger partial charge on any atom is -0.289 e. The second kappa shape index (κ2) is 5.80. The van der Waals surface area contributed by atoms with Gasteiger partial charge in [0.05, 0.1) is 10.5 Å². The first kappa shape index (κ1) is 15.2. The predicted molar refractivity (Wildman–Crippen MR) is 89.6 cm³/mol. The lowest BCUT2D eigenvalue weighted by Crippen LogP contribution is -2.17. The van der Waals surface area contributed by atoms with Crippen LogP contribution in [0.3, 0.4) is 0 Å². The summed E-state index contributed by atoms with van der Waals surface area (Å²) < 4.78 is 0. The molecule has 0 radical (unpaired) electrons. The van der Waals surface area contributed by atoms with Crippen molar-refractivity contribution in [1.29, 1.82) is 0 Å². The Morgan fingerprint density at radius 3 is 2.48 bits per heavy atom. The van der Waals surface area contributed by atoms with Gasteiger partial charge >= 0.3 is 0 Å². The van der Waals surface area contributed by atoms with E-state index in [-0.39, 0.29) is 11.5 Å². The van der Waals surface area contributed by atoms with Gasteiger partial charge < -0.3 is 0 Å². The van der Waals surface area contributed by atoms with Crippen molar-refractivity contribution in [3.63, 3.8) is 0 Å². The van der Waals surface area contributed by atoms with Crippen LogP contribution in [0.2, 0.25) is 0 Å². The zero-order chi connectivity index (χ0) is 16.6. The summed E-state index contributed by atoms with van der Waals surface area (Å²) in [6.07, 6.45) is 3.08. The number of nitrogens with zero attached hydrogens (tertiary/aromatic N) is 1. The summed E-state index contributed by atoms with van der Waals surface area (Å²) in [6, 6.07) is 10.5. The average Bonchev–Trinajstić information content (AvgIpc) is 2.53. The number of nitro groups is 1. The van der Waals surface area contributed by atoms with Crippen molar-refractivity contribution in [2.75, 3.05) is 0 Å². The normalized spacial score (nSPS) is 15.6. The number of para-hydroxylation sites is 1. The second-order valence-corrected chi connectivity index (χ2v) is 5.87. The molecule has 0 aliphatic heterocycles. The number of aryl methyl sites for hydroxylation is 2. The fourth-order valence-electron chi connectivity index (χ4n) is 3.14. The van der Waals surface area contributed by atoms with Crippen molar-refractivity contribution in [3.05, 3.63) is 79.9 Å². The summed E-state index contributed by atoms with van der Waals surface area (Å²) >= 11 is 0. The van der Waals surface area contributed by atoms with Gasteiger partial charge in [0, 0.05) is 17.2 Å². The van der Waals surface area contributed by atoms with Crippen molar-refractivity contribution >= 4 is 17.5 Å². The van der Waals surface area contributed by atoms with Crippen molar-refractivity contribution in [2.45, 2.75) is 26.7 Å². The number of fused-ring (bicyclic) bond motifs is 1. The molecule has 0 heterocycles. The van der Waals surface area contributed by atoms with Gasteiger partial charge in [-0.15, -0.1) is 0 Å². The van der Waals surface area contributed by atoms with Crippen LogP contribution in [0, 0.1) is 24.0 Å². The molecule has 3 rings (SSSR count). The maximum atomic E-state index is 12.8. The van der Waals surface area contributed by atoms with E-state index in [1.807, 2.05) is 26.0 Å². The number of rotatable bonds is 2. The van der Waals surface area contributed by atoms with Gasteiger partial charge in [-0.2, -0.15) is 0 Å². The first-order valence-corrected chi connectivity index (χ1v) is 7.57. The van der Waals surface area contributed by atoms with Gasteiger partial charge in [0.15, 0.2) is 5.78 Å².